The Balaban J connectivity index is 4.73. The summed E-state index contributed by atoms with van der Waals surface area (Å²) in [5.74, 6) is -1.82. The summed E-state index contributed by atoms with van der Waals surface area (Å²) in [6.45, 7) is 8.16. The van der Waals surface area contributed by atoms with Crippen LogP contribution in [-0.4, -0.2) is 22.6 Å². The van der Waals surface area contributed by atoms with Crippen molar-refractivity contribution in [1.82, 2.24) is 0 Å². The van der Waals surface area contributed by atoms with Gasteiger partial charge in [-0.3, -0.25) is 9.59 Å². The minimum Gasteiger partial charge on any atom is -0.480 e. The van der Waals surface area contributed by atoms with Crippen LogP contribution in [0.25, 0.3) is 0 Å². The van der Waals surface area contributed by atoms with E-state index in [-0.39, 0.29) is 6.42 Å². The molecule has 0 radical (unpaired) electrons. The maximum atomic E-state index is 11.6. The van der Waals surface area contributed by atoms with Gasteiger partial charge in [-0.25, -0.2) is 0 Å². The molecule has 1 atom stereocenters. The number of rotatable bonds is 3. The highest BCUT2D eigenvalue weighted by Gasteiger charge is 2.42. The Morgan fingerprint density at radius 1 is 1.21 bits per heavy atom. The van der Waals surface area contributed by atoms with Gasteiger partial charge >= 0.3 is 11.9 Å². The number of carboxylic acid groups (broad SMARTS) is 1. The molecular weight excluding hydrogens is 184 g/mol. The SMILES string of the molecule is CCC(C)(C(=O)O)C(=O)OC(C)(C)C. The number of esters is 1. The molecule has 0 aliphatic rings. The lowest BCUT2D eigenvalue weighted by Gasteiger charge is -2.27. The Labute approximate surface area is 84.3 Å². The quantitative estimate of drug-likeness (QED) is 0.560. The Morgan fingerprint density at radius 2 is 1.64 bits per heavy atom. The predicted octanol–water partition coefficient (Wildman–Crippen LogP) is 1.83. The average molecular weight is 202 g/mol. The molecule has 0 aliphatic heterocycles. The molecule has 0 spiro atoms. The first kappa shape index (κ1) is 12.9. The average Bonchev–Trinajstić information content (AvgIpc) is 1.99. The van der Waals surface area contributed by atoms with Gasteiger partial charge in [0.1, 0.15) is 5.60 Å². The molecule has 0 aliphatic carbocycles. The van der Waals surface area contributed by atoms with Gasteiger partial charge in [0.15, 0.2) is 5.41 Å². The third-order valence-electron chi connectivity index (χ3n) is 2.03. The van der Waals surface area contributed by atoms with Gasteiger partial charge in [0.25, 0.3) is 0 Å². The lowest BCUT2D eigenvalue weighted by Crippen LogP contribution is -2.40. The number of hydrogen-bond acceptors (Lipinski definition) is 3. The van der Waals surface area contributed by atoms with Crippen LogP contribution in [0.4, 0.5) is 0 Å². The Kier molecular flexibility index (Phi) is 3.68. The van der Waals surface area contributed by atoms with Crippen LogP contribution in [0, 0.1) is 5.41 Å². The van der Waals surface area contributed by atoms with Crippen molar-refractivity contribution in [3.8, 4) is 0 Å². The molecule has 0 aromatic heterocycles. The van der Waals surface area contributed by atoms with Crippen LogP contribution in [0.3, 0.4) is 0 Å². The van der Waals surface area contributed by atoms with Gasteiger partial charge in [-0.1, -0.05) is 6.92 Å². The summed E-state index contributed by atoms with van der Waals surface area (Å²) in [6, 6.07) is 0. The molecule has 82 valence electrons. The molecule has 4 heteroatoms. The lowest BCUT2D eigenvalue weighted by molar-refractivity contribution is -0.175. The van der Waals surface area contributed by atoms with E-state index in [0.717, 1.165) is 0 Å². The van der Waals surface area contributed by atoms with E-state index in [1.807, 2.05) is 0 Å². The Hall–Kier alpha value is -1.06. The first-order valence-corrected chi connectivity index (χ1v) is 4.60. The summed E-state index contributed by atoms with van der Waals surface area (Å²) >= 11 is 0. The van der Waals surface area contributed by atoms with Crippen molar-refractivity contribution in [2.24, 2.45) is 5.41 Å². The predicted molar refractivity (Wildman–Crippen MR) is 51.9 cm³/mol. The molecule has 0 heterocycles. The summed E-state index contributed by atoms with van der Waals surface area (Å²) in [6.07, 6.45) is 0.219. The number of aliphatic carboxylic acids is 1. The second kappa shape index (κ2) is 3.98. The van der Waals surface area contributed by atoms with Crippen LogP contribution in [0.2, 0.25) is 0 Å². The topological polar surface area (TPSA) is 63.6 Å². The number of ether oxygens (including phenoxy) is 1. The second-order valence-corrected chi connectivity index (χ2v) is 4.49. The van der Waals surface area contributed by atoms with Gasteiger partial charge < -0.3 is 9.84 Å². The monoisotopic (exact) mass is 202 g/mol. The van der Waals surface area contributed by atoms with Gasteiger partial charge in [-0.15, -0.1) is 0 Å². The van der Waals surface area contributed by atoms with E-state index in [9.17, 15) is 9.59 Å². The summed E-state index contributed by atoms with van der Waals surface area (Å²) < 4.78 is 5.04. The number of carbonyl (C=O) groups is 2. The maximum absolute atomic E-state index is 11.6. The summed E-state index contributed by atoms with van der Waals surface area (Å²) in [5, 5.41) is 8.90. The van der Waals surface area contributed by atoms with E-state index in [0.29, 0.717) is 0 Å². The van der Waals surface area contributed by atoms with Gasteiger partial charge in [0.05, 0.1) is 0 Å². The van der Waals surface area contributed by atoms with Gasteiger partial charge in [0, 0.05) is 0 Å². The fraction of sp³-hybridized carbons (Fsp3) is 0.800. The van der Waals surface area contributed by atoms with Crippen molar-refractivity contribution in [3.63, 3.8) is 0 Å². The third kappa shape index (κ3) is 3.01. The molecule has 0 bridgehead atoms. The van der Waals surface area contributed by atoms with E-state index in [1.54, 1.807) is 27.7 Å². The van der Waals surface area contributed by atoms with E-state index in [4.69, 9.17) is 9.84 Å². The van der Waals surface area contributed by atoms with Crippen molar-refractivity contribution < 1.29 is 19.4 Å². The summed E-state index contributed by atoms with van der Waals surface area (Å²) in [7, 11) is 0. The van der Waals surface area contributed by atoms with Crippen molar-refractivity contribution >= 4 is 11.9 Å². The normalized spacial score (nSPS) is 15.8. The van der Waals surface area contributed by atoms with Gasteiger partial charge in [-0.05, 0) is 34.1 Å². The van der Waals surface area contributed by atoms with Crippen LogP contribution in [-0.2, 0) is 14.3 Å². The third-order valence-corrected chi connectivity index (χ3v) is 2.03. The molecule has 0 aromatic rings. The maximum Gasteiger partial charge on any atom is 0.323 e. The lowest BCUT2D eigenvalue weighted by atomic mass is 9.88. The molecule has 0 saturated heterocycles. The standard InChI is InChI=1S/C10H18O4/c1-6-10(5,7(11)12)8(13)14-9(2,3)4/h6H2,1-5H3,(H,11,12). The summed E-state index contributed by atoms with van der Waals surface area (Å²) in [5.41, 5.74) is -2.09. The van der Waals surface area contributed by atoms with Gasteiger partial charge in [0.2, 0.25) is 0 Å². The highest BCUT2D eigenvalue weighted by atomic mass is 16.6. The van der Waals surface area contributed by atoms with E-state index >= 15 is 0 Å². The number of carbonyl (C=O) groups excluding carboxylic acids is 1. The van der Waals surface area contributed by atoms with E-state index in [1.165, 1.54) is 6.92 Å². The molecule has 0 amide bonds. The fourth-order valence-corrected chi connectivity index (χ4v) is 0.774. The van der Waals surface area contributed by atoms with Crippen molar-refractivity contribution in [2.75, 3.05) is 0 Å². The smallest absolute Gasteiger partial charge is 0.323 e. The molecule has 4 nitrogen and oxygen atoms in total. The highest BCUT2D eigenvalue weighted by Crippen LogP contribution is 2.25. The molecular formula is C10H18O4. The molecule has 1 N–H and O–H groups in total. The largest absolute Gasteiger partial charge is 0.480 e. The first-order valence-electron chi connectivity index (χ1n) is 4.60. The zero-order valence-electron chi connectivity index (χ0n) is 9.38. The highest BCUT2D eigenvalue weighted by molar-refractivity contribution is 5.98. The van der Waals surface area contributed by atoms with Crippen LogP contribution in [0.15, 0.2) is 0 Å². The van der Waals surface area contributed by atoms with Crippen LogP contribution in [0.5, 0.6) is 0 Å². The fourth-order valence-electron chi connectivity index (χ4n) is 0.774. The zero-order valence-corrected chi connectivity index (χ0v) is 9.38. The Morgan fingerprint density at radius 3 is 1.86 bits per heavy atom. The zero-order chi connectivity index (χ0) is 11.6. The minimum absolute atomic E-state index is 0.219. The molecule has 0 saturated carbocycles. The van der Waals surface area contributed by atoms with E-state index < -0.39 is 23.0 Å². The van der Waals surface area contributed by atoms with Crippen LogP contribution >= 0.6 is 0 Å². The molecule has 0 rings (SSSR count). The number of carboxylic acids is 1. The van der Waals surface area contributed by atoms with Crippen LogP contribution < -0.4 is 0 Å². The number of hydrogen-bond donors (Lipinski definition) is 1. The van der Waals surface area contributed by atoms with Crippen molar-refractivity contribution in [1.29, 1.82) is 0 Å². The summed E-state index contributed by atoms with van der Waals surface area (Å²) in [4.78, 5) is 22.4. The van der Waals surface area contributed by atoms with Crippen molar-refractivity contribution in [3.05, 3.63) is 0 Å². The second-order valence-electron chi connectivity index (χ2n) is 4.49. The Bertz CT molecular complexity index is 239. The van der Waals surface area contributed by atoms with Gasteiger partial charge in [-0.2, -0.15) is 0 Å². The van der Waals surface area contributed by atoms with Crippen LogP contribution in [0.1, 0.15) is 41.0 Å². The molecule has 14 heavy (non-hydrogen) atoms. The minimum atomic E-state index is -1.44. The molecule has 1 unspecified atom stereocenters. The first-order chi connectivity index (χ1) is 6.13. The molecule has 0 fully saturated rings. The van der Waals surface area contributed by atoms with E-state index in [2.05, 4.69) is 0 Å². The van der Waals surface area contributed by atoms with Crippen molar-refractivity contribution in [2.45, 2.75) is 46.6 Å². The molecule has 0 aromatic carbocycles.